The smallest absolute Gasteiger partial charge is 0.276 e. The quantitative estimate of drug-likeness (QED) is 0.664. The molecule has 2 aliphatic rings. The average molecular weight is 380 g/mol. The van der Waals surface area contributed by atoms with E-state index in [1.54, 1.807) is 31.3 Å². The van der Waals surface area contributed by atoms with E-state index in [-0.39, 0.29) is 12.3 Å². The normalized spacial score (nSPS) is 21.1. The van der Waals surface area contributed by atoms with Crippen molar-refractivity contribution in [3.63, 3.8) is 0 Å². The van der Waals surface area contributed by atoms with Gasteiger partial charge in [-0.2, -0.15) is 5.10 Å². The Morgan fingerprint density at radius 1 is 1.46 bits per heavy atom. The number of hydrogen-bond donors (Lipinski definition) is 3. The first kappa shape index (κ1) is 18.2. The lowest BCUT2D eigenvalue weighted by molar-refractivity contribution is -0.137. The molecule has 2 amide bonds. The van der Waals surface area contributed by atoms with Crippen molar-refractivity contribution in [2.45, 2.75) is 25.0 Å². The van der Waals surface area contributed by atoms with Gasteiger partial charge in [0.1, 0.15) is 0 Å². The van der Waals surface area contributed by atoms with Gasteiger partial charge in [-0.3, -0.25) is 14.7 Å². The van der Waals surface area contributed by atoms with E-state index in [0.717, 1.165) is 11.3 Å². The van der Waals surface area contributed by atoms with Gasteiger partial charge in [0.2, 0.25) is 5.60 Å². The molecule has 1 aromatic carbocycles. The number of hydrogen-bond acceptors (Lipinski definition) is 5. The summed E-state index contributed by atoms with van der Waals surface area (Å²) in [7, 11) is 1.64. The molecule has 1 atom stereocenters. The van der Waals surface area contributed by atoms with Gasteiger partial charge in [-0.05, 0) is 18.2 Å². The van der Waals surface area contributed by atoms with Crippen LogP contribution in [-0.4, -0.2) is 57.8 Å². The average Bonchev–Trinajstić information content (AvgIpc) is 3.24. The summed E-state index contributed by atoms with van der Waals surface area (Å²) in [6.07, 6.45) is 0.982. The maximum atomic E-state index is 12.6. The minimum atomic E-state index is -1.65. The first-order chi connectivity index (χ1) is 13.5. The molecule has 0 bridgehead atoms. The van der Waals surface area contributed by atoms with E-state index >= 15 is 0 Å². The summed E-state index contributed by atoms with van der Waals surface area (Å²) in [5.74, 6) is 4.78. The fourth-order valence-corrected chi connectivity index (χ4v) is 3.31. The first-order valence-corrected chi connectivity index (χ1v) is 9.03. The molecule has 0 radical (unpaired) electrons. The van der Waals surface area contributed by atoms with E-state index in [1.165, 1.54) is 4.90 Å². The van der Waals surface area contributed by atoms with Crippen molar-refractivity contribution in [2.75, 3.05) is 25.5 Å². The Morgan fingerprint density at radius 2 is 2.32 bits per heavy atom. The summed E-state index contributed by atoms with van der Waals surface area (Å²) in [5.41, 5.74) is 1.51. The minimum Gasteiger partial charge on any atom is -0.376 e. The second-order valence-electron chi connectivity index (χ2n) is 6.95. The van der Waals surface area contributed by atoms with Crippen LogP contribution in [0.1, 0.15) is 33.7 Å². The number of aliphatic hydroxyl groups is 1. The molecule has 28 heavy (non-hydrogen) atoms. The number of nitrogens with zero attached hydrogens (tertiary/aromatic N) is 2. The fraction of sp³-hybridized carbons (Fsp3) is 0.350. The number of fused-ring (bicyclic) bond motifs is 1. The van der Waals surface area contributed by atoms with Gasteiger partial charge in [0.15, 0.2) is 5.69 Å². The van der Waals surface area contributed by atoms with Gasteiger partial charge in [-0.25, -0.2) is 0 Å². The third kappa shape index (κ3) is 3.38. The van der Waals surface area contributed by atoms with Gasteiger partial charge in [-0.1, -0.05) is 17.9 Å². The summed E-state index contributed by atoms with van der Waals surface area (Å²) in [6.45, 7) is 1.45. The molecule has 8 heteroatoms. The van der Waals surface area contributed by atoms with Gasteiger partial charge in [0.25, 0.3) is 11.8 Å². The van der Waals surface area contributed by atoms with Crippen molar-refractivity contribution < 1.29 is 19.4 Å². The van der Waals surface area contributed by atoms with E-state index in [9.17, 15) is 14.7 Å². The van der Waals surface area contributed by atoms with E-state index in [1.807, 2.05) is 0 Å². The van der Waals surface area contributed by atoms with Crippen LogP contribution in [0.25, 0.3) is 0 Å². The lowest BCUT2D eigenvalue weighted by atomic mass is 10.0. The molecule has 1 fully saturated rings. The van der Waals surface area contributed by atoms with Crippen LogP contribution in [0.5, 0.6) is 0 Å². The van der Waals surface area contributed by atoms with E-state index < -0.39 is 11.5 Å². The van der Waals surface area contributed by atoms with Gasteiger partial charge in [0.05, 0.1) is 13.2 Å². The van der Waals surface area contributed by atoms with Crippen LogP contribution in [0.2, 0.25) is 0 Å². The number of aromatic amines is 1. The van der Waals surface area contributed by atoms with Gasteiger partial charge < -0.3 is 20.1 Å². The van der Waals surface area contributed by atoms with Crippen molar-refractivity contribution in [3.8, 4) is 11.8 Å². The number of aromatic nitrogens is 2. The fourth-order valence-electron chi connectivity index (χ4n) is 3.31. The first-order valence-electron chi connectivity index (χ1n) is 9.03. The number of ether oxygens (including phenoxy) is 1. The number of nitrogens with one attached hydrogen (secondary N) is 2. The SMILES string of the molecule is CN1CC[C@@](O)(C#Cc2cccc(NC(=O)c3n[nH]c4c3COCC4)c2)C1=O. The molecular weight excluding hydrogens is 360 g/mol. The highest BCUT2D eigenvalue weighted by atomic mass is 16.5. The topological polar surface area (TPSA) is 108 Å². The van der Waals surface area contributed by atoms with Crippen LogP contribution in [0.3, 0.4) is 0 Å². The number of carbonyl (C=O) groups is 2. The predicted molar refractivity (Wildman–Crippen MR) is 100 cm³/mol. The molecule has 0 spiro atoms. The standard InChI is InChI=1S/C20H20N4O4/c1-24-9-8-20(27,19(24)26)7-5-13-3-2-4-14(11-13)21-18(25)17-15-12-28-10-6-16(15)22-23-17/h2-4,11,27H,6,8-10,12H2,1H3,(H,21,25)(H,22,23)/t20-/m0/s1. The van der Waals surface area contributed by atoms with E-state index in [4.69, 9.17) is 4.74 Å². The lowest BCUT2D eigenvalue weighted by Gasteiger charge is -2.13. The second-order valence-corrected chi connectivity index (χ2v) is 6.95. The molecule has 0 saturated carbocycles. The molecule has 0 unspecified atom stereocenters. The third-order valence-corrected chi connectivity index (χ3v) is 4.95. The highest BCUT2D eigenvalue weighted by Gasteiger charge is 2.42. The number of amides is 2. The number of H-pyrrole nitrogens is 1. The van der Waals surface area contributed by atoms with Crippen LogP contribution in [-0.2, 0) is 22.6 Å². The summed E-state index contributed by atoms with van der Waals surface area (Å²) in [6, 6.07) is 6.92. The Hall–Kier alpha value is -3.15. The predicted octanol–water partition coefficient (Wildman–Crippen LogP) is 0.679. The molecule has 8 nitrogen and oxygen atoms in total. The highest BCUT2D eigenvalue weighted by molar-refractivity contribution is 6.04. The van der Waals surface area contributed by atoms with Crippen LogP contribution in [0.15, 0.2) is 24.3 Å². The Balaban J connectivity index is 1.51. The molecule has 1 aromatic heterocycles. The molecule has 3 N–H and O–H groups in total. The Bertz CT molecular complexity index is 1000. The second kappa shape index (κ2) is 7.11. The number of carbonyl (C=O) groups excluding carboxylic acids is 2. The van der Waals surface area contributed by atoms with Crippen molar-refractivity contribution in [1.82, 2.24) is 15.1 Å². The van der Waals surface area contributed by atoms with Crippen molar-refractivity contribution in [1.29, 1.82) is 0 Å². The van der Waals surface area contributed by atoms with Gasteiger partial charge >= 0.3 is 0 Å². The van der Waals surface area contributed by atoms with Gasteiger partial charge in [-0.15, -0.1) is 0 Å². The van der Waals surface area contributed by atoms with E-state index in [2.05, 4.69) is 27.4 Å². The Labute approximate surface area is 161 Å². The van der Waals surface area contributed by atoms with Crippen molar-refractivity contribution in [3.05, 3.63) is 46.8 Å². The molecule has 0 aliphatic carbocycles. The van der Waals surface area contributed by atoms with Gasteiger partial charge in [0, 0.05) is 48.9 Å². The third-order valence-electron chi connectivity index (χ3n) is 4.95. The van der Waals surface area contributed by atoms with Crippen LogP contribution >= 0.6 is 0 Å². The lowest BCUT2D eigenvalue weighted by Crippen LogP contribution is -2.37. The van der Waals surface area contributed by atoms with Crippen LogP contribution < -0.4 is 5.32 Å². The van der Waals surface area contributed by atoms with Crippen LogP contribution in [0, 0.1) is 11.8 Å². The summed E-state index contributed by atoms with van der Waals surface area (Å²) in [5, 5.41) is 20.2. The summed E-state index contributed by atoms with van der Waals surface area (Å²) in [4.78, 5) is 26.0. The number of likely N-dealkylation sites (tertiary alicyclic amines) is 1. The monoisotopic (exact) mass is 380 g/mol. The number of benzene rings is 1. The van der Waals surface area contributed by atoms with Crippen LogP contribution in [0.4, 0.5) is 5.69 Å². The maximum Gasteiger partial charge on any atom is 0.276 e. The highest BCUT2D eigenvalue weighted by Crippen LogP contribution is 2.22. The zero-order chi connectivity index (χ0) is 19.7. The van der Waals surface area contributed by atoms with Crippen molar-refractivity contribution in [2.24, 2.45) is 0 Å². The maximum absolute atomic E-state index is 12.6. The number of rotatable bonds is 2. The molecule has 2 aromatic rings. The zero-order valence-corrected chi connectivity index (χ0v) is 15.4. The summed E-state index contributed by atoms with van der Waals surface area (Å²) < 4.78 is 5.41. The molecule has 3 heterocycles. The number of likely N-dealkylation sites (N-methyl/N-ethyl adjacent to an activating group) is 1. The number of anilines is 1. The Kier molecular flexibility index (Phi) is 4.63. The molecule has 2 aliphatic heterocycles. The largest absolute Gasteiger partial charge is 0.376 e. The Morgan fingerprint density at radius 3 is 3.11 bits per heavy atom. The minimum absolute atomic E-state index is 0.276. The molecular formula is C20H20N4O4. The zero-order valence-electron chi connectivity index (χ0n) is 15.4. The molecule has 1 saturated heterocycles. The molecule has 144 valence electrons. The van der Waals surface area contributed by atoms with E-state index in [0.29, 0.717) is 43.1 Å². The molecule has 4 rings (SSSR count). The van der Waals surface area contributed by atoms with Crippen molar-refractivity contribution >= 4 is 17.5 Å². The summed E-state index contributed by atoms with van der Waals surface area (Å²) >= 11 is 0.